The fraction of sp³-hybridized carbons (Fsp3) is 0.409. The van der Waals surface area contributed by atoms with Crippen LogP contribution < -0.4 is 19.9 Å². The van der Waals surface area contributed by atoms with E-state index in [0.29, 0.717) is 18.8 Å². The van der Waals surface area contributed by atoms with Crippen molar-refractivity contribution in [2.45, 2.75) is 13.8 Å². The van der Waals surface area contributed by atoms with Gasteiger partial charge in [0, 0.05) is 5.69 Å². The number of anilines is 1. The molecule has 0 aliphatic carbocycles. The first-order chi connectivity index (χ1) is 13.5. The van der Waals surface area contributed by atoms with Crippen LogP contribution >= 0.6 is 0 Å². The number of hydrogen-bond acceptors (Lipinski definition) is 2. The van der Waals surface area contributed by atoms with Gasteiger partial charge in [-0.1, -0.05) is 6.07 Å². The Kier molecular flexibility index (Phi) is 7.01. The smallest absolute Gasteiger partial charge is 0.279 e. The number of benzene rings is 2. The summed E-state index contributed by atoms with van der Waals surface area (Å²) in [4.78, 5) is 15.0. The SMILES string of the molecule is Cc1cc(C)cc(OCC[NH+]2CC[NH+](CC(=O)Nc3ccc(F)cc3)CC2)c1. The van der Waals surface area contributed by atoms with Crippen LogP contribution in [0.2, 0.25) is 0 Å². The zero-order valence-corrected chi connectivity index (χ0v) is 16.7. The molecular weight excluding hydrogens is 357 g/mol. The van der Waals surface area contributed by atoms with Crippen molar-refractivity contribution in [1.29, 1.82) is 0 Å². The van der Waals surface area contributed by atoms with E-state index in [1.54, 1.807) is 12.1 Å². The van der Waals surface area contributed by atoms with Crippen LogP contribution in [0.1, 0.15) is 11.1 Å². The van der Waals surface area contributed by atoms with E-state index >= 15 is 0 Å². The van der Waals surface area contributed by atoms with Crippen LogP contribution in [0.3, 0.4) is 0 Å². The molecule has 0 unspecified atom stereocenters. The Hall–Kier alpha value is -2.44. The van der Waals surface area contributed by atoms with Gasteiger partial charge in [-0.3, -0.25) is 4.79 Å². The molecule has 1 heterocycles. The lowest BCUT2D eigenvalue weighted by atomic mass is 10.1. The van der Waals surface area contributed by atoms with Crippen molar-refractivity contribution in [3.8, 4) is 5.75 Å². The minimum Gasteiger partial charge on any atom is -0.488 e. The van der Waals surface area contributed by atoms with E-state index in [2.05, 4.69) is 37.4 Å². The molecule has 1 aliphatic heterocycles. The molecule has 0 bridgehead atoms. The summed E-state index contributed by atoms with van der Waals surface area (Å²) in [6.07, 6.45) is 0. The van der Waals surface area contributed by atoms with Crippen molar-refractivity contribution >= 4 is 11.6 Å². The van der Waals surface area contributed by atoms with Gasteiger partial charge in [-0.25, -0.2) is 4.39 Å². The van der Waals surface area contributed by atoms with Gasteiger partial charge in [0.05, 0.1) is 0 Å². The Bertz CT molecular complexity index is 767. The summed E-state index contributed by atoms with van der Waals surface area (Å²) in [5.74, 6) is 0.617. The normalized spacial score (nSPS) is 19.2. The third-order valence-corrected chi connectivity index (χ3v) is 5.12. The molecule has 1 amide bonds. The van der Waals surface area contributed by atoms with Gasteiger partial charge >= 0.3 is 0 Å². The number of hydrogen-bond donors (Lipinski definition) is 3. The Morgan fingerprint density at radius 1 is 1.00 bits per heavy atom. The standard InChI is InChI=1S/C22H28FN3O2/c1-17-13-18(2)15-21(14-17)28-12-11-25-7-9-26(10-8-25)16-22(27)24-20-5-3-19(23)4-6-20/h3-6,13-15H,7-12,16H2,1-2H3,(H,24,27)/p+2. The minimum absolute atomic E-state index is 0.0248. The minimum atomic E-state index is -0.302. The first-order valence-corrected chi connectivity index (χ1v) is 9.91. The van der Waals surface area contributed by atoms with Gasteiger partial charge in [0.25, 0.3) is 5.91 Å². The van der Waals surface area contributed by atoms with Gasteiger partial charge in [-0.05, 0) is 61.4 Å². The number of carbonyl (C=O) groups excluding carboxylic acids is 1. The van der Waals surface area contributed by atoms with Crippen LogP contribution in [-0.4, -0.2) is 51.8 Å². The molecular formula is C22H30FN3O2+2. The monoisotopic (exact) mass is 387 g/mol. The molecule has 1 aliphatic rings. The van der Waals surface area contributed by atoms with Gasteiger partial charge in [-0.2, -0.15) is 0 Å². The number of halogens is 1. The summed E-state index contributed by atoms with van der Waals surface area (Å²) in [6.45, 7) is 10.3. The van der Waals surface area contributed by atoms with Gasteiger partial charge in [-0.15, -0.1) is 0 Å². The lowest BCUT2D eigenvalue weighted by molar-refractivity contribution is -1.01. The van der Waals surface area contributed by atoms with Crippen LogP contribution in [0.4, 0.5) is 10.1 Å². The molecule has 5 nitrogen and oxygen atoms in total. The molecule has 0 atom stereocenters. The van der Waals surface area contributed by atoms with E-state index in [-0.39, 0.29) is 11.7 Å². The van der Waals surface area contributed by atoms with Crippen molar-refractivity contribution < 1.29 is 23.7 Å². The summed E-state index contributed by atoms with van der Waals surface area (Å²) in [7, 11) is 0. The topological polar surface area (TPSA) is 47.2 Å². The molecule has 1 fully saturated rings. The molecule has 2 aromatic carbocycles. The molecule has 28 heavy (non-hydrogen) atoms. The summed E-state index contributed by atoms with van der Waals surface area (Å²) < 4.78 is 18.8. The van der Waals surface area contributed by atoms with Gasteiger partial charge in [0.2, 0.25) is 0 Å². The summed E-state index contributed by atoms with van der Waals surface area (Å²) in [6, 6.07) is 12.2. The van der Waals surface area contributed by atoms with Gasteiger partial charge in [0.1, 0.15) is 50.9 Å². The summed E-state index contributed by atoms with van der Waals surface area (Å²) in [5, 5.41) is 2.84. The van der Waals surface area contributed by atoms with Crippen molar-refractivity contribution in [3.63, 3.8) is 0 Å². The molecule has 3 rings (SSSR count). The summed E-state index contributed by atoms with van der Waals surface area (Å²) >= 11 is 0. The number of carbonyl (C=O) groups is 1. The summed E-state index contributed by atoms with van der Waals surface area (Å²) in [5.41, 5.74) is 3.08. The Morgan fingerprint density at radius 2 is 1.61 bits per heavy atom. The predicted molar refractivity (Wildman–Crippen MR) is 108 cm³/mol. The average molecular weight is 387 g/mol. The highest BCUT2D eigenvalue weighted by molar-refractivity contribution is 5.91. The molecule has 6 heteroatoms. The second kappa shape index (κ2) is 9.66. The first-order valence-electron chi connectivity index (χ1n) is 9.91. The van der Waals surface area contributed by atoms with E-state index in [4.69, 9.17) is 4.74 Å². The van der Waals surface area contributed by atoms with Crippen LogP contribution in [0.15, 0.2) is 42.5 Å². The zero-order valence-electron chi connectivity index (χ0n) is 16.7. The third-order valence-electron chi connectivity index (χ3n) is 5.12. The maximum absolute atomic E-state index is 12.9. The molecule has 0 saturated carbocycles. The fourth-order valence-corrected chi connectivity index (χ4v) is 3.68. The van der Waals surface area contributed by atoms with Crippen LogP contribution in [0.5, 0.6) is 5.75 Å². The van der Waals surface area contributed by atoms with Crippen molar-refractivity contribution in [3.05, 3.63) is 59.4 Å². The van der Waals surface area contributed by atoms with Crippen LogP contribution in [0.25, 0.3) is 0 Å². The third kappa shape index (κ3) is 6.32. The largest absolute Gasteiger partial charge is 0.488 e. The molecule has 0 spiro atoms. The quantitative estimate of drug-likeness (QED) is 0.638. The number of rotatable bonds is 7. The second-order valence-corrected chi connectivity index (χ2v) is 7.65. The van der Waals surface area contributed by atoms with Crippen molar-refractivity contribution in [2.24, 2.45) is 0 Å². The van der Waals surface area contributed by atoms with Gasteiger partial charge in [0.15, 0.2) is 6.54 Å². The first kappa shape index (κ1) is 20.3. The van der Waals surface area contributed by atoms with Crippen LogP contribution in [0, 0.1) is 19.7 Å². The number of aryl methyl sites for hydroxylation is 2. The molecule has 0 radical (unpaired) electrons. The number of quaternary nitrogens is 2. The Labute approximate surface area is 166 Å². The molecule has 1 saturated heterocycles. The maximum Gasteiger partial charge on any atom is 0.279 e. The highest BCUT2D eigenvalue weighted by Gasteiger charge is 2.24. The maximum atomic E-state index is 12.9. The van der Waals surface area contributed by atoms with Crippen molar-refractivity contribution in [1.82, 2.24) is 0 Å². The zero-order chi connectivity index (χ0) is 19.9. The average Bonchev–Trinajstić information content (AvgIpc) is 2.64. The number of amides is 1. The number of nitrogens with one attached hydrogen (secondary N) is 3. The van der Waals surface area contributed by atoms with E-state index in [9.17, 15) is 9.18 Å². The molecule has 150 valence electrons. The molecule has 3 N–H and O–H groups in total. The Morgan fingerprint density at radius 3 is 2.25 bits per heavy atom. The van der Waals surface area contributed by atoms with E-state index in [0.717, 1.165) is 38.5 Å². The Balaban J connectivity index is 1.35. The van der Waals surface area contributed by atoms with E-state index in [1.807, 2.05) is 0 Å². The lowest BCUT2D eigenvalue weighted by Crippen LogP contribution is -3.28. The second-order valence-electron chi connectivity index (χ2n) is 7.65. The highest BCUT2D eigenvalue weighted by Crippen LogP contribution is 2.15. The number of piperazine rings is 1. The fourth-order valence-electron chi connectivity index (χ4n) is 3.68. The van der Waals surface area contributed by atoms with E-state index < -0.39 is 0 Å². The van der Waals surface area contributed by atoms with Crippen molar-refractivity contribution in [2.75, 3.05) is 51.2 Å². The highest BCUT2D eigenvalue weighted by atomic mass is 19.1. The predicted octanol–water partition coefficient (Wildman–Crippen LogP) is 0.243. The molecule has 2 aromatic rings. The van der Waals surface area contributed by atoms with Crippen LogP contribution in [-0.2, 0) is 4.79 Å². The van der Waals surface area contributed by atoms with E-state index in [1.165, 1.54) is 33.1 Å². The lowest BCUT2D eigenvalue weighted by Gasteiger charge is -2.29. The number of ether oxygens (including phenoxy) is 1. The molecule has 0 aromatic heterocycles. The van der Waals surface area contributed by atoms with Gasteiger partial charge < -0.3 is 19.9 Å².